The zero-order valence-electron chi connectivity index (χ0n) is 18.1. The third kappa shape index (κ3) is 3.63. The molecule has 4 rings (SSSR count). The largest absolute Gasteiger partial charge is 0.478 e. The fourth-order valence-corrected chi connectivity index (χ4v) is 3.74. The van der Waals surface area contributed by atoms with Crippen LogP contribution in [0.2, 0.25) is 0 Å². The number of benzene rings is 1. The molecular formula is C25H28N4O. The highest BCUT2D eigenvalue weighted by Gasteiger charge is 2.23. The number of likely N-dealkylation sites (N-methyl/N-ethyl adjacent to an activating group) is 1. The van der Waals surface area contributed by atoms with E-state index in [1.807, 2.05) is 30.1 Å². The van der Waals surface area contributed by atoms with Gasteiger partial charge in [0.2, 0.25) is 5.88 Å². The van der Waals surface area contributed by atoms with Crippen LogP contribution in [0.15, 0.2) is 72.6 Å². The molecular weight excluding hydrogens is 372 g/mol. The molecule has 2 aromatic heterocycles. The number of pyridine rings is 1. The van der Waals surface area contributed by atoms with Crippen molar-refractivity contribution in [2.75, 3.05) is 13.7 Å². The van der Waals surface area contributed by atoms with Crippen molar-refractivity contribution in [2.24, 2.45) is 0 Å². The Hall–Kier alpha value is -3.34. The maximum atomic E-state index is 5.81. The highest BCUT2D eigenvalue weighted by molar-refractivity contribution is 5.82. The number of rotatable bonds is 6. The molecule has 0 saturated carbocycles. The van der Waals surface area contributed by atoms with Gasteiger partial charge in [0, 0.05) is 30.6 Å². The number of aromatic nitrogens is 3. The Labute approximate surface area is 178 Å². The maximum Gasteiger partial charge on any atom is 0.215 e. The summed E-state index contributed by atoms with van der Waals surface area (Å²) in [5, 5.41) is 0. The molecule has 0 aliphatic carbocycles. The van der Waals surface area contributed by atoms with E-state index >= 15 is 0 Å². The number of hydrogen-bond acceptors (Lipinski definition) is 4. The van der Waals surface area contributed by atoms with E-state index in [0.717, 1.165) is 40.3 Å². The molecule has 0 radical (unpaired) electrons. The first kappa shape index (κ1) is 20.0. The van der Waals surface area contributed by atoms with Crippen molar-refractivity contribution >= 4 is 16.7 Å². The summed E-state index contributed by atoms with van der Waals surface area (Å²) < 4.78 is 8.02. The van der Waals surface area contributed by atoms with Gasteiger partial charge in [-0.1, -0.05) is 43.8 Å². The van der Waals surface area contributed by atoms with Gasteiger partial charge >= 0.3 is 0 Å². The van der Waals surface area contributed by atoms with E-state index in [1.165, 1.54) is 5.56 Å². The Morgan fingerprint density at radius 1 is 1.10 bits per heavy atom. The zero-order valence-corrected chi connectivity index (χ0v) is 18.1. The highest BCUT2D eigenvalue weighted by atomic mass is 16.5. The van der Waals surface area contributed by atoms with E-state index in [2.05, 4.69) is 68.5 Å². The second-order valence-corrected chi connectivity index (χ2v) is 7.70. The molecule has 30 heavy (non-hydrogen) atoms. The normalized spacial score (nSPS) is 15.2. The van der Waals surface area contributed by atoms with Crippen molar-refractivity contribution in [1.29, 1.82) is 0 Å². The summed E-state index contributed by atoms with van der Waals surface area (Å²) in [6, 6.07) is 14.4. The maximum absolute atomic E-state index is 5.81. The molecule has 3 aromatic rings. The lowest BCUT2D eigenvalue weighted by molar-refractivity contribution is 0.306. The van der Waals surface area contributed by atoms with E-state index in [9.17, 15) is 0 Å². The summed E-state index contributed by atoms with van der Waals surface area (Å²) >= 11 is 0. The van der Waals surface area contributed by atoms with Crippen LogP contribution in [0, 0.1) is 0 Å². The topological polar surface area (TPSA) is 43.2 Å². The van der Waals surface area contributed by atoms with Gasteiger partial charge in [-0.2, -0.15) is 4.98 Å². The molecule has 154 valence electrons. The molecule has 0 amide bonds. The second-order valence-electron chi connectivity index (χ2n) is 7.70. The third-order valence-electron chi connectivity index (χ3n) is 5.48. The van der Waals surface area contributed by atoms with Gasteiger partial charge in [-0.25, -0.2) is 4.98 Å². The van der Waals surface area contributed by atoms with Crippen LogP contribution in [0.5, 0.6) is 5.88 Å². The fraction of sp³-hybridized carbons (Fsp3) is 0.280. The van der Waals surface area contributed by atoms with E-state index < -0.39 is 0 Å². The van der Waals surface area contributed by atoms with Gasteiger partial charge in [0.05, 0.1) is 12.6 Å². The Balaban J connectivity index is 1.91. The van der Waals surface area contributed by atoms with Crippen LogP contribution >= 0.6 is 0 Å². The number of allylic oxidation sites excluding steroid dienone is 3. The average Bonchev–Trinajstić information content (AvgIpc) is 3.14. The average molecular weight is 401 g/mol. The van der Waals surface area contributed by atoms with Gasteiger partial charge in [-0.3, -0.25) is 0 Å². The number of fused-ring (bicyclic) bond motifs is 1. The first-order valence-corrected chi connectivity index (χ1v) is 10.4. The van der Waals surface area contributed by atoms with Crippen LogP contribution in [0.3, 0.4) is 0 Å². The summed E-state index contributed by atoms with van der Waals surface area (Å²) in [7, 11) is 2.02. The molecule has 0 spiro atoms. The molecule has 5 heteroatoms. The van der Waals surface area contributed by atoms with Crippen LogP contribution in [0.1, 0.15) is 44.6 Å². The summed E-state index contributed by atoms with van der Waals surface area (Å²) in [6.07, 6.45) is 5.17. The molecule has 0 saturated heterocycles. The summed E-state index contributed by atoms with van der Waals surface area (Å²) in [4.78, 5) is 11.8. The lowest BCUT2D eigenvalue weighted by Crippen LogP contribution is -2.17. The summed E-state index contributed by atoms with van der Waals surface area (Å²) in [5.74, 6) is 1.52. The minimum Gasteiger partial charge on any atom is -0.478 e. The number of nitrogens with zero attached hydrogens (tertiary/aromatic N) is 4. The molecule has 1 atom stereocenters. The molecule has 1 aliphatic heterocycles. The summed E-state index contributed by atoms with van der Waals surface area (Å²) in [6.45, 7) is 11.1. The summed E-state index contributed by atoms with van der Waals surface area (Å²) in [5.41, 5.74) is 6.05. The number of hydrogen-bond donors (Lipinski definition) is 0. The van der Waals surface area contributed by atoms with Crippen LogP contribution in [-0.2, 0) is 0 Å². The van der Waals surface area contributed by atoms with Crippen molar-refractivity contribution in [3.8, 4) is 5.88 Å². The fourth-order valence-electron chi connectivity index (χ4n) is 3.74. The molecule has 0 bridgehead atoms. The zero-order chi connectivity index (χ0) is 21.3. The minimum atomic E-state index is 0.0603. The van der Waals surface area contributed by atoms with Crippen LogP contribution in [0.4, 0.5) is 0 Å². The Kier molecular flexibility index (Phi) is 5.44. The van der Waals surface area contributed by atoms with Gasteiger partial charge < -0.3 is 14.2 Å². The molecule has 0 unspecified atom stereocenters. The van der Waals surface area contributed by atoms with Gasteiger partial charge in [-0.05, 0) is 43.5 Å². The lowest BCUT2D eigenvalue weighted by atomic mass is 10.0. The number of ether oxygens (including phenoxy) is 1. The molecule has 1 aromatic carbocycles. The van der Waals surface area contributed by atoms with E-state index in [-0.39, 0.29) is 6.04 Å². The first-order chi connectivity index (χ1) is 14.5. The Bertz CT molecular complexity index is 1140. The minimum absolute atomic E-state index is 0.0603. The first-order valence-electron chi connectivity index (χ1n) is 10.4. The van der Waals surface area contributed by atoms with E-state index in [4.69, 9.17) is 14.7 Å². The predicted octanol–water partition coefficient (Wildman–Crippen LogP) is 5.58. The van der Waals surface area contributed by atoms with Crippen LogP contribution < -0.4 is 4.74 Å². The van der Waals surface area contributed by atoms with Crippen molar-refractivity contribution in [3.63, 3.8) is 0 Å². The molecule has 0 N–H and O–H groups in total. The van der Waals surface area contributed by atoms with Gasteiger partial charge in [-0.15, -0.1) is 0 Å². The van der Waals surface area contributed by atoms with Crippen molar-refractivity contribution in [2.45, 2.75) is 33.2 Å². The predicted molar refractivity (Wildman–Crippen MR) is 122 cm³/mol. The monoisotopic (exact) mass is 400 g/mol. The van der Waals surface area contributed by atoms with Crippen LogP contribution in [-0.4, -0.2) is 33.1 Å². The Morgan fingerprint density at radius 2 is 1.87 bits per heavy atom. The standard InChI is InChI=1S/C25H28N4O/c1-6-14-30-23-13-12-22-25(27-23)29(19(4)20-10-8-7-9-11-20)24(26-22)21-15-17(2)18(3)28(5)16-21/h7-13,15-16,19H,3,6,14H2,1-2,4-5H3/t19-/m0/s1. The van der Waals surface area contributed by atoms with Gasteiger partial charge in [0.1, 0.15) is 11.3 Å². The smallest absolute Gasteiger partial charge is 0.215 e. The molecule has 3 heterocycles. The van der Waals surface area contributed by atoms with E-state index in [1.54, 1.807) is 0 Å². The Morgan fingerprint density at radius 3 is 2.57 bits per heavy atom. The quantitative estimate of drug-likeness (QED) is 0.542. The van der Waals surface area contributed by atoms with Gasteiger partial charge in [0.25, 0.3) is 0 Å². The van der Waals surface area contributed by atoms with Crippen molar-refractivity contribution in [1.82, 2.24) is 19.4 Å². The van der Waals surface area contributed by atoms with Crippen LogP contribution in [0.25, 0.3) is 16.7 Å². The second kappa shape index (κ2) is 8.19. The van der Waals surface area contributed by atoms with Gasteiger partial charge in [0.15, 0.2) is 5.65 Å². The van der Waals surface area contributed by atoms with E-state index in [0.29, 0.717) is 12.5 Å². The molecule has 1 aliphatic rings. The van der Waals surface area contributed by atoms with Crippen molar-refractivity contribution in [3.05, 3.63) is 84.0 Å². The molecule has 0 fully saturated rings. The van der Waals surface area contributed by atoms with Crippen molar-refractivity contribution < 1.29 is 4.74 Å². The highest BCUT2D eigenvalue weighted by Crippen LogP contribution is 2.33. The number of imidazole rings is 1. The molecule has 5 nitrogen and oxygen atoms in total. The third-order valence-corrected chi connectivity index (χ3v) is 5.48. The SMILES string of the molecule is C=C1C(C)=CC(c2nc3ccc(OCCC)nc3n2[C@@H](C)c2ccccc2)=CN1C. The lowest BCUT2D eigenvalue weighted by Gasteiger charge is -2.25.